The van der Waals surface area contributed by atoms with E-state index in [1.807, 2.05) is 49.6 Å². The number of carbonyl (C=O) groups is 1. The molecular formula is C23H32N6O2S. The Balaban J connectivity index is 1.93. The van der Waals surface area contributed by atoms with Gasteiger partial charge in [0.05, 0.1) is 24.1 Å². The summed E-state index contributed by atoms with van der Waals surface area (Å²) in [5.41, 5.74) is -0.0963. The van der Waals surface area contributed by atoms with Crippen LogP contribution in [0.5, 0.6) is 5.75 Å². The Morgan fingerprint density at radius 2 is 1.91 bits per heavy atom. The summed E-state index contributed by atoms with van der Waals surface area (Å²) in [6, 6.07) is 9.97. The van der Waals surface area contributed by atoms with Gasteiger partial charge in [-0.15, -0.1) is 10.2 Å². The number of hydrogen-bond acceptors (Lipinski definition) is 7. The van der Waals surface area contributed by atoms with Crippen molar-refractivity contribution in [2.24, 2.45) is 5.92 Å². The first-order chi connectivity index (χ1) is 15.3. The number of aromatic nitrogens is 3. The Labute approximate surface area is 194 Å². The highest BCUT2D eigenvalue weighted by atomic mass is 32.2. The molecule has 1 aromatic carbocycles. The fourth-order valence-corrected chi connectivity index (χ4v) is 4.39. The van der Waals surface area contributed by atoms with E-state index in [0.29, 0.717) is 10.9 Å². The minimum Gasteiger partial charge on any atom is -0.495 e. The minimum atomic E-state index is -0.929. The quantitative estimate of drug-likeness (QED) is 0.604. The lowest BCUT2D eigenvalue weighted by molar-refractivity contribution is -0.121. The highest BCUT2D eigenvalue weighted by molar-refractivity contribution is 8.00. The first kappa shape index (κ1) is 23.9. The number of anilines is 1. The second-order valence-electron chi connectivity index (χ2n) is 8.56. The third-order valence-corrected chi connectivity index (χ3v) is 7.05. The Kier molecular flexibility index (Phi) is 7.67. The first-order valence-corrected chi connectivity index (χ1v) is 11.9. The van der Waals surface area contributed by atoms with Crippen molar-refractivity contribution < 1.29 is 9.53 Å². The van der Waals surface area contributed by atoms with Crippen molar-refractivity contribution in [3.63, 3.8) is 0 Å². The number of nitriles is 1. The Morgan fingerprint density at radius 3 is 2.53 bits per heavy atom. The molecule has 0 spiro atoms. The van der Waals surface area contributed by atoms with Gasteiger partial charge < -0.3 is 15.0 Å². The van der Waals surface area contributed by atoms with Crippen molar-refractivity contribution in [1.82, 2.24) is 20.1 Å². The van der Waals surface area contributed by atoms with E-state index in [1.54, 1.807) is 14.0 Å². The predicted molar refractivity (Wildman–Crippen MR) is 126 cm³/mol. The van der Waals surface area contributed by atoms with E-state index in [1.165, 1.54) is 18.2 Å². The number of thioether (sulfide) groups is 1. The van der Waals surface area contributed by atoms with Crippen LogP contribution in [0.15, 0.2) is 29.4 Å². The molecule has 8 nitrogen and oxygen atoms in total. The molecule has 2 atom stereocenters. The third kappa shape index (κ3) is 5.01. The molecule has 0 unspecified atom stereocenters. The van der Waals surface area contributed by atoms with Crippen LogP contribution in [0.4, 0.5) is 5.95 Å². The number of ether oxygens (including phenoxy) is 1. The second kappa shape index (κ2) is 10.3. The zero-order valence-electron chi connectivity index (χ0n) is 19.5. The molecule has 1 saturated heterocycles. The highest BCUT2D eigenvalue weighted by Crippen LogP contribution is 2.34. The number of piperidine rings is 1. The predicted octanol–water partition coefficient (Wildman–Crippen LogP) is 3.80. The van der Waals surface area contributed by atoms with Gasteiger partial charge in [-0.1, -0.05) is 37.7 Å². The summed E-state index contributed by atoms with van der Waals surface area (Å²) in [5, 5.41) is 21.6. The number of hydrogen-bond donors (Lipinski definition) is 1. The lowest BCUT2D eigenvalue weighted by Crippen LogP contribution is -2.51. The molecule has 1 N–H and O–H groups in total. The number of rotatable bonds is 8. The van der Waals surface area contributed by atoms with Crippen molar-refractivity contribution in [2.75, 3.05) is 25.1 Å². The molecule has 1 aliphatic rings. The van der Waals surface area contributed by atoms with Crippen molar-refractivity contribution in [3.05, 3.63) is 24.3 Å². The van der Waals surface area contributed by atoms with Crippen LogP contribution in [0.3, 0.4) is 0 Å². The molecule has 32 heavy (non-hydrogen) atoms. The van der Waals surface area contributed by atoms with Crippen molar-refractivity contribution in [1.29, 1.82) is 5.26 Å². The molecule has 2 aromatic rings. The first-order valence-electron chi connectivity index (χ1n) is 11.0. The third-order valence-electron chi connectivity index (χ3n) is 6.00. The van der Waals surface area contributed by atoms with Crippen LogP contribution in [-0.4, -0.2) is 51.7 Å². The molecule has 0 bridgehead atoms. The topological polar surface area (TPSA) is 96.1 Å². The molecule has 1 amide bonds. The van der Waals surface area contributed by atoms with Gasteiger partial charge in [0, 0.05) is 13.1 Å². The van der Waals surface area contributed by atoms with Gasteiger partial charge in [-0.25, -0.2) is 0 Å². The number of carbonyl (C=O) groups excluding carboxylic acids is 1. The molecule has 0 radical (unpaired) electrons. The molecule has 0 aliphatic carbocycles. The zero-order chi connectivity index (χ0) is 23.3. The maximum Gasteiger partial charge on any atom is 0.234 e. The Morgan fingerprint density at radius 1 is 1.22 bits per heavy atom. The monoisotopic (exact) mass is 456 g/mol. The van der Waals surface area contributed by atoms with Gasteiger partial charge in [0.2, 0.25) is 11.9 Å². The van der Waals surface area contributed by atoms with Gasteiger partial charge in [0.1, 0.15) is 11.3 Å². The van der Waals surface area contributed by atoms with Crippen LogP contribution in [0.25, 0.3) is 5.69 Å². The summed E-state index contributed by atoms with van der Waals surface area (Å²) >= 11 is 1.33. The number of nitrogens with zero attached hydrogens (tertiary/aromatic N) is 5. The molecule has 1 fully saturated rings. The largest absolute Gasteiger partial charge is 0.495 e. The summed E-state index contributed by atoms with van der Waals surface area (Å²) in [6.07, 6.45) is 3.44. The average molecular weight is 457 g/mol. The molecule has 3 rings (SSSR count). The van der Waals surface area contributed by atoms with Gasteiger partial charge in [-0.3, -0.25) is 9.36 Å². The lowest BCUT2D eigenvalue weighted by atomic mass is 9.90. The van der Waals surface area contributed by atoms with E-state index < -0.39 is 10.8 Å². The average Bonchev–Trinajstić information content (AvgIpc) is 3.22. The van der Waals surface area contributed by atoms with Crippen LogP contribution < -0.4 is 15.0 Å². The van der Waals surface area contributed by atoms with E-state index in [9.17, 15) is 10.1 Å². The molecule has 2 heterocycles. The number of nitrogens with one attached hydrogen (secondary N) is 1. The maximum atomic E-state index is 12.9. The van der Waals surface area contributed by atoms with Crippen LogP contribution in [0.2, 0.25) is 0 Å². The van der Waals surface area contributed by atoms with Crippen molar-refractivity contribution in [3.8, 4) is 17.5 Å². The summed E-state index contributed by atoms with van der Waals surface area (Å²) < 4.78 is 7.58. The SMILES string of the molecule is COc1ccccc1-n1c(S[C@H](C)C(=O)N[C@](C)(C#N)C(C)C)nnc1N1CCCCC1. The van der Waals surface area contributed by atoms with Crippen LogP contribution in [-0.2, 0) is 4.79 Å². The summed E-state index contributed by atoms with van der Waals surface area (Å²) in [4.78, 5) is 15.2. The summed E-state index contributed by atoms with van der Waals surface area (Å²) in [6.45, 7) is 9.25. The fourth-order valence-electron chi connectivity index (χ4n) is 3.53. The normalized spacial score (nSPS) is 16.8. The van der Waals surface area contributed by atoms with Crippen molar-refractivity contribution >= 4 is 23.6 Å². The number of amides is 1. The van der Waals surface area contributed by atoms with Crippen LogP contribution >= 0.6 is 11.8 Å². The molecule has 0 saturated carbocycles. The Hall–Kier alpha value is -2.73. The van der Waals surface area contributed by atoms with E-state index in [0.717, 1.165) is 37.6 Å². The lowest BCUT2D eigenvalue weighted by Gasteiger charge is -2.29. The molecule has 1 aromatic heterocycles. The van der Waals surface area contributed by atoms with E-state index in [2.05, 4.69) is 26.5 Å². The minimum absolute atomic E-state index is 0.0170. The molecule has 9 heteroatoms. The van der Waals surface area contributed by atoms with Gasteiger partial charge in [0.15, 0.2) is 5.16 Å². The molecular weight excluding hydrogens is 424 g/mol. The van der Waals surface area contributed by atoms with Gasteiger partial charge in [0.25, 0.3) is 0 Å². The zero-order valence-corrected chi connectivity index (χ0v) is 20.3. The van der Waals surface area contributed by atoms with Gasteiger partial charge >= 0.3 is 0 Å². The maximum absolute atomic E-state index is 12.9. The number of para-hydroxylation sites is 2. The van der Waals surface area contributed by atoms with Gasteiger partial charge in [-0.05, 0) is 51.2 Å². The highest BCUT2D eigenvalue weighted by Gasteiger charge is 2.33. The van der Waals surface area contributed by atoms with Crippen LogP contribution in [0, 0.1) is 17.2 Å². The van der Waals surface area contributed by atoms with E-state index in [4.69, 9.17) is 4.74 Å². The second-order valence-corrected chi connectivity index (χ2v) is 9.86. The Bertz CT molecular complexity index is 979. The van der Waals surface area contributed by atoms with Crippen LogP contribution in [0.1, 0.15) is 47.0 Å². The smallest absolute Gasteiger partial charge is 0.234 e. The fraction of sp³-hybridized carbons (Fsp3) is 0.565. The standard InChI is InChI=1S/C23H32N6O2S/c1-16(2)23(4,15-24)25-20(30)17(3)32-22-27-26-21(28-13-9-6-10-14-28)29(22)18-11-7-8-12-19(18)31-5/h7-8,11-12,16-17H,6,9-10,13-14H2,1-5H3,(H,25,30)/t17-,23-/m1/s1. The van der Waals surface area contributed by atoms with E-state index >= 15 is 0 Å². The summed E-state index contributed by atoms with van der Waals surface area (Å²) in [5.74, 6) is 1.24. The van der Waals surface area contributed by atoms with E-state index in [-0.39, 0.29) is 11.8 Å². The van der Waals surface area contributed by atoms with Gasteiger partial charge in [-0.2, -0.15) is 5.26 Å². The molecule has 1 aliphatic heterocycles. The van der Waals surface area contributed by atoms with Crippen molar-refractivity contribution in [2.45, 2.75) is 62.9 Å². The summed E-state index contributed by atoms with van der Waals surface area (Å²) in [7, 11) is 1.64. The molecule has 172 valence electrons. The number of methoxy groups -OCH3 is 1. The number of benzene rings is 1.